The minimum atomic E-state index is 0.379. The van der Waals surface area contributed by atoms with E-state index in [2.05, 4.69) is 23.5 Å². The van der Waals surface area contributed by atoms with E-state index in [1.54, 1.807) is 0 Å². The fourth-order valence-corrected chi connectivity index (χ4v) is 3.98. The molecule has 0 unspecified atom stereocenters. The van der Waals surface area contributed by atoms with Crippen LogP contribution in [0, 0.1) is 5.41 Å². The van der Waals surface area contributed by atoms with E-state index in [-0.39, 0.29) is 0 Å². The molecule has 3 aliphatic carbocycles. The quantitative estimate of drug-likeness (QED) is 0.867. The minimum Gasteiger partial charge on any atom is -0.313 e. The van der Waals surface area contributed by atoms with Gasteiger partial charge in [-0.25, -0.2) is 0 Å². The maximum Gasteiger partial charge on any atom is 0.0408 e. The van der Waals surface area contributed by atoms with Gasteiger partial charge in [-0.15, -0.1) is 0 Å². The van der Waals surface area contributed by atoms with E-state index in [4.69, 9.17) is 11.6 Å². The molecule has 0 saturated heterocycles. The lowest BCUT2D eigenvalue weighted by molar-refractivity contribution is 0.116. The molecule has 2 heteroatoms. The predicted molar refractivity (Wildman–Crippen MR) is 75.1 cm³/mol. The van der Waals surface area contributed by atoms with Gasteiger partial charge in [0.15, 0.2) is 0 Å². The van der Waals surface area contributed by atoms with E-state index in [0.717, 1.165) is 23.0 Å². The summed E-state index contributed by atoms with van der Waals surface area (Å²) >= 11 is 6.17. The van der Waals surface area contributed by atoms with Crippen LogP contribution in [0.1, 0.15) is 44.1 Å². The number of halogens is 1. The summed E-state index contributed by atoms with van der Waals surface area (Å²) < 4.78 is 0. The largest absolute Gasteiger partial charge is 0.313 e. The zero-order chi connectivity index (χ0) is 12.2. The highest BCUT2D eigenvalue weighted by Crippen LogP contribution is 2.68. The first-order valence-corrected chi connectivity index (χ1v) is 7.57. The number of nitrogens with one attached hydrogen (secondary N) is 1. The third kappa shape index (κ3) is 1.88. The normalized spacial score (nSPS) is 26.9. The van der Waals surface area contributed by atoms with E-state index < -0.39 is 0 Å². The zero-order valence-electron chi connectivity index (χ0n) is 10.7. The van der Waals surface area contributed by atoms with Gasteiger partial charge in [-0.3, -0.25) is 0 Å². The molecule has 1 spiro atoms. The van der Waals surface area contributed by atoms with Crippen molar-refractivity contribution in [1.82, 2.24) is 5.32 Å². The molecule has 1 N–H and O–H groups in total. The Balaban J connectivity index is 1.57. The van der Waals surface area contributed by atoms with Crippen LogP contribution in [0.3, 0.4) is 0 Å². The highest BCUT2D eigenvalue weighted by atomic mass is 35.5. The second-order valence-electron chi connectivity index (χ2n) is 6.80. The molecule has 4 rings (SSSR count). The van der Waals surface area contributed by atoms with Crippen molar-refractivity contribution < 1.29 is 0 Å². The Labute approximate surface area is 114 Å². The zero-order valence-corrected chi connectivity index (χ0v) is 11.5. The van der Waals surface area contributed by atoms with E-state index in [0.29, 0.717) is 5.41 Å². The molecule has 0 aromatic heterocycles. The average Bonchev–Trinajstić information content (AvgIpc) is 3.19. The molecule has 1 aromatic carbocycles. The molecule has 0 bridgehead atoms. The maximum absolute atomic E-state index is 6.17. The first kappa shape index (κ1) is 11.3. The Kier molecular flexibility index (Phi) is 2.35. The number of hydrogen-bond acceptors (Lipinski definition) is 1. The van der Waals surface area contributed by atoms with Crippen LogP contribution in [-0.2, 0) is 5.41 Å². The molecule has 0 heterocycles. The summed E-state index contributed by atoms with van der Waals surface area (Å²) in [5, 5.41) is 4.62. The Morgan fingerprint density at radius 3 is 2.61 bits per heavy atom. The van der Waals surface area contributed by atoms with Gasteiger partial charge in [0, 0.05) is 23.0 Å². The third-order valence-corrected chi connectivity index (χ3v) is 5.36. The first-order chi connectivity index (χ1) is 8.70. The summed E-state index contributed by atoms with van der Waals surface area (Å²) in [5.41, 5.74) is 2.57. The SMILES string of the molecule is Clc1cccc(C2(CNC3CC3)CC3(CC3)C2)c1. The highest BCUT2D eigenvalue weighted by Gasteiger charge is 2.61. The van der Waals surface area contributed by atoms with Gasteiger partial charge >= 0.3 is 0 Å². The lowest BCUT2D eigenvalue weighted by atomic mass is 9.56. The molecule has 0 radical (unpaired) electrons. The van der Waals surface area contributed by atoms with Crippen LogP contribution in [0.2, 0.25) is 5.02 Å². The standard InChI is InChI=1S/C16H20ClN/c17-13-3-1-2-12(8-13)16(11-18-14-4-5-14)9-15(10-16)6-7-15/h1-3,8,14,18H,4-7,9-11H2. The summed E-state index contributed by atoms with van der Waals surface area (Å²) in [6.07, 6.45) is 8.41. The van der Waals surface area contributed by atoms with Gasteiger partial charge in [0.25, 0.3) is 0 Å². The van der Waals surface area contributed by atoms with E-state index in [9.17, 15) is 0 Å². The van der Waals surface area contributed by atoms with Gasteiger partial charge < -0.3 is 5.32 Å². The van der Waals surface area contributed by atoms with Crippen molar-refractivity contribution in [1.29, 1.82) is 0 Å². The lowest BCUT2D eigenvalue weighted by Gasteiger charge is -2.50. The van der Waals surface area contributed by atoms with Crippen LogP contribution < -0.4 is 5.32 Å². The molecule has 0 amide bonds. The van der Waals surface area contributed by atoms with Gasteiger partial charge in [-0.2, -0.15) is 0 Å². The molecule has 18 heavy (non-hydrogen) atoms. The Hall–Kier alpha value is -0.530. The smallest absolute Gasteiger partial charge is 0.0408 e. The lowest BCUT2D eigenvalue weighted by Crippen LogP contribution is -2.50. The highest BCUT2D eigenvalue weighted by molar-refractivity contribution is 6.30. The Morgan fingerprint density at radius 1 is 1.22 bits per heavy atom. The topological polar surface area (TPSA) is 12.0 Å². The summed E-state index contributed by atoms with van der Waals surface area (Å²) in [6.45, 7) is 1.15. The molecule has 3 fully saturated rings. The predicted octanol–water partition coefficient (Wildman–Crippen LogP) is 3.90. The van der Waals surface area contributed by atoms with E-state index in [1.807, 2.05) is 6.07 Å². The molecule has 3 aliphatic rings. The molecule has 96 valence electrons. The van der Waals surface area contributed by atoms with Gasteiger partial charge in [0.05, 0.1) is 0 Å². The van der Waals surface area contributed by atoms with Crippen molar-refractivity contribution in [3.8, 4) is 0 Å². The maximum atomic E-state index is 6.17. The van der Waals surface area contributed by atoms with Gasteiger partial charge in [0.1, 0.15) is 0 Å². The van der Waals surface area contributed by atoms with Crippen LogP contribution in [0.25, 0.3) is 0 Å². The minimum absolute atomic E-state index is 0.379. The fourth-order valence-electron chi connectivity index (χ4n) is 3.79. The van der Waals surface area contributed by atoms with Crippen LogP contribution >= 0.6 is 11.6 Å². The molecule has 1 aromatic rings. The van der Waals surface area contributed by atoms with Gasteiger partial charge in [0.2, 0.25) is 0 Å². The number of rotatable bonds is 4. The molecule has 3 saturated carbocycles. The Bertz CT molecular complexity index is 466. The molecular formula is C16H20ClN. The van der Waals surface area contributed by atoms with Crippen LogP contribution in [0.4, 0.5) is 0 Å². The van der Waals surface area contributed by atoms with Gasteiger partial charge in [-0.05, 0) is 61.6 Å². The van der Waals surface area contributed by atoms with E-state index in [1.165, 1.54) is 44.1 Å². The molecule has 0 atom stereocenters. The molecule has 0 aliphatic heterocycles. The van der Waals surface area contributed by atoms with Crippen molar-refractivity contribution in [2.45, 2.75) is 50.0 Å². The summed E-state index contributed by atoms with van der Waals surface area (Å²) in [5.74, 6) is 0. The van der Waals surface area contributed by atoms with Crippen molar-refractivity contribution in [3.63, 3.8) is 0 Å². The monoisotopic (exact) mass is 261 g/mol. The first-order valence-electron chi connectivity index (χ1n) is 7.19. The van der Waals surface area contributed by atoms with Gasteiger partial charge in [-0.1, -0.05) is 23.7 Å². The van der Waals surface area contributed by atoms with E-state index >= 15 is 0 Å². The van der Waals surface area contributed by atoms with Crippen LogP contribution in [-0.4, -0.2) is 12.6 Å². The van der Waals surface area contributed by atoms with Crippen molar-refractivity contribution in [2.24, 2.45) is 5.41 Å². The van der Waals surface area contributed by atoms with Crippen molar-refractivity contribution in [2.75, 3.05) is 6.54 Å². The summed E-state index contributed by atoms with van der Waals surface area (Å²) in [6, 6.07) is 9.35. The fraction of sp³-hybridized carbons (Fsp3) is 0.625. The number of benzene rings is 1. The van der Waals surface area contributed by atoms with Crippen LogP contribution in [0.15, 0.2) is 24.3 Å². The third-order valence-electron chi connectivity index (χ3n) is 5.13. The molecular weight excluding hydrogens is 242 g/mol. The van der Waals surface area contributed by atoms with Crippen LogP contribution in [0.5, 0.6) is 0 Å². The summed E-state index contributed by atoms with van der Waals surface area (Å²) in [7, 11) is 0. The van der Waals surface area contributed by atoms with Crippen molar-refractivity contribution in [3.05, 3.63) is 34.9 Å². The Morgan fingerprint density at radius 2 is 2.00 bits per heavy atom. The molecule has 1 nitrogen and oxygen atoms in total. The second kappa shape index (κ2) is 3.74. The summed E-state index contributed by atoms with van der Waals surface area (Å²) in [4.78, 5) is 0. The average molecular weight is 262 g/mol. The van der Waals surface area contributed by atoms with Crippen molar-refractivity contribution >= 4 is 11.6 Å². The second-order valence-corrected chi connectivity index (χ2v) is 7.24. The number of hydrogen-bond donors (Lipinski definition) is 1.